The Balaban J connectivity index is 1.60. The van der Waals surface area contributed by atoms with Gasteiger partial charge in [0.05, 0.1) is 12.5 Å². The molecule has 3 amide bonds. The van der Waals surface area contributed by atoms with Crippen molar-refractivity contribution in [1.29, 1.82) is 0 Å². The molecule has 0 bridgehead atoms. The second-order valence-corrected chi connectivity index (χ2v) is 8.59. The van der Waals surface area contributed by atoms with E-state index in [0.29, 0.717) is 13.0 Å². The molecule has 0 aliphatic carbocycles. The van der Waals surface area contributed by atoms with Crippen LogP contribution in [0.1, 0.15) is 55.2 Å². The lowest BCUT2D eigenvalue weighted by atomic mass is 10.0. The van der Waals surface area contributed by atoms with Crippen molar-refractivity contribution in [3.05, 3.63) is 71.3 Å². The second kappa shape index (κ2) is 15.7. The standard InChI is InChI=1S/C27H38N4O3/c28-18-7-6-12-24(29)27(34)30-19-17-25(32)31-26(33)20-23-15-13-22(14-16-23)11-5-4-10-21-8-2-1-3-9-21/h1-3,8-9,13-16,24H,4-7,10-12,17-20,28-29H2,(H,30,34)(H,31,32,33)/t24-/m0/s1. The average Bonchev–Trinajstić information content (AvgIpc) is 2.83. The molecule has 0 aromatic heterocycles. The second-order valence-electron chi connectivity index (χ2n) is 8.59. The van der Waals surface area contributed by atoms with Crippen LogP contribution in [0, 0.1) is 0 Å². The number of hydrogen-bond donors (Lipinski definition) is 4. The summed E-state index contributed by atoms with van der Waals surface area (Å²) in [7, 11) is 0. The number of amides is 3. The van der Waals surface area contributed by atoms with E-state index in [1.807, 2.05) is 30.3 Å². The molecule has 0 radical (unpaired) electrons. The molecule has 0 fully saturated rings. The van der Waals surface area contributed by atoms with Crippen LogP contribution in [0.3, 0.4) is 0 Å². The number of hydrogen-bond acceptors (Lipinski definition) is 5. The van der Waals surface area contributed by atoms with Crippen LogP contribution in [-0.4, -0.2) is 36.9 Å². The minimum absolute atomic E-state index is 0.0227. The molecule has 0 unspecified atom stereocenters. The Morgan fingerprint density at radius 3 is 2.03 bits per heavy atom. The van der Waals surface area contributed by atoms with Crippen LogP contribution in [-0.2, 0) is 33.6 Å². The maximum atomic E-state index is 12.2. The third-order valence-electron chi connectivity index (χ3n) is 5.65. The van der Waals surface area contributed by atoms with Crippen molar-refractivity contribution in [1.82, 2.24) is 10.6 Å². The summed E-state index contributed by atoms with van der Waals surface area (Å²) in [5.74, 6) is -1.07. The Bertz CT molecular complexity index is 885. The molecule has 34 heavy (non-hydrogen) atoms. The van der Waals surface area contributed by atoms with Crippen molar-refractivity contribution in [3.8, 4) is 0 Å². The Hall–Kier alpha value is -3.03. The van der Waals surface area contributed by atoms with Gasteiger partial charge in [0.15, 0.2) is 0 Å². The molecule has 7 heteroatoms. The molecule has 0 aliphatic rings. The van der Waals surface area contributed by atoms with Gasteiger partial charge < -0.3 is 16.8 Å². The van der Waals surface area contributed by atoms with Crippen molar-refractivity contribution in [2.45, 2.75) is 63.8 Å². The number of imide groups is 1. The van der Waals surface area contributed by atoms with E-state index in [-0.39, 0.29) is 31.2 Å². The van der Waals surface area contributed by atoms with E-state index in [1.165, 1.54) is 11.1 Å². The summed E-state index contributed by atoms with van der Waals surface area (Å²) < 4.78 is 0. The van der Waals surface area contributed by atoms with Crippen LogP contribution in [0.4, 0.5) is 0 Å². The topological polar surface area (TPSA) is 127 Å². The highest BCUT2D eigenvalue weighted by Crippen LogP contribution is 2.11. The lowest BCUT2D eigenvalue weighted by Gasteiger charge is -2.12. The van der Waals surface area contributed by atoms with Gasteiger partial charge in [0, 0.05) is 13.0 Å². The summed E-state index contributed by atoms with van der Waals surface area (Å²) in [5, 5.41) is 5.00. The average molecular weight is 467 g/mol. The number of carbonyl (C=O) groups is 3. The van der Waals surface area contributed by atoms with E-state index in [2.05, 4.69) is 34.9 Å². The summed E-state index contributed by atoms with van der Waals surface area (Å²) in [5.41, 5.74) is 14.7. The van der Waals surface area contributed by atoms with Gasteiger partial charge in [-0.3, -0.25) is 19.7 Å². The normalized spacial score (nSPS) is 11.6. The molecule has 0 heterocycles. The fourth-order valence-corrected chi connectivity index (χ4v) is 3.64. The predicted octanol–water partition coefficient (Wildman–Crippen LogP) is 2.40. The quantitative estimate of drug-likeness (QED) is 0.300. The molecule has 2 rings (SSSR count). The van der Waals surface area contributed by atoms with E-state index in [9.17, 15) is 14.4 Å². The van der Waals surface area contributed by atoms with Crippen molar-refractivity contribution in [2.75, 3.05) is 13.1 Å². The van der Waals surface area contributed by atoms with E-state index >= 15 is 0 Å². The molecule has 0 aliphatic heterocycles. The number of carbonyl (C=O) groups excluding carboxylic acids is 3. The fraction of sp³-hybridized carbons (Fsp3) is 0.444. The van der Waals surface area contributed by atoms with Crippen molar-refractivity contribution >= 4 is 17.7 Å². The molecule has 2 aromatic rings. The first-order chi connectivity index (χ1) is 16.5. The molecule has 6 N–H and O–H groups in total. The van der Waals surface area contributed by atoms with Crippen LogP contribution in [0.5, 0.6) is 0 Å². The van der Waals surface area contributed by atoms with E-state index < -0.39 is 11.9 Å². The SMILES string of the molecule is NCCCC[C@H](N)C(=O)NCCC(=O)NC(=O)Cc1ccc(CCCCc2ccccc2)cc1. The van der Waals surface area contributed by atoms with Gasteiger partial charge in [-0.25, -0.2) is 0 Å². The number of nitrogens with one attached hydrogen (secondary N) is 2. The minimum atomic E-state index is -0.608. The third kappa shape index (κ3) is 11.2. The maximum absolute atomic E-state index is 12.2. The molecule has 0 spiro atoms. The maximum Gasteiger partial charge on any atom is 0.236 e. The predicted molar refractivity (Wildman–Crippen MR) is 135 cm³/mol. The molecule has 7 nitrogen and oxygen atoms in total. The molecule has 0 saturated heterocycles. The van der Waals surface area contributed by atoms with Gasteiger partial charge in [0.2, 0.25) is 17.7 Å². The summed E-state index contributed by atoms with van der Waals surface area (Å²) >= 11 is 0. The molecule has 184 valence electrons. The third-order valence-corrected chi connectivity index (χ3v) is 5.65. The first kappa shape index (κ1) is 27.2. The molecule has 1 atom stereocenters. The first-order valence-corrected chi connectivity index (χ1v) is 12.2. The highest BCUT2D eigenvalue weighted by Gasteiger charge is 2.14. The Morgan fingerprint density at radius 2 is 1.38 bits per heavy atom. The van der Waals surface area contributed by atoms with Gasteiger partial charge >= 0.3 is 0 Å². The van der Waals surface area contributed by atoms with E-state index in [4.69, 9.17) is 11.5 Å². The summed E-state index contributed by atoms with van der Waals surface area (Å²) in [6.45, 7) is 0.712. The number of unbranched alkanes of at least 4 members (excludes halogenated alkanes) is 2. The minimum Gasteiger partial charge on any atom is -0.354 e. The molecule has 2 aromatic carbocycles. The van der Waals surface area contributed by atoms with Crippen molar-refractivity contribution in [3.63, 3.8) is 0 Å². The zero-order chi connectivity index (χ0) is 24.6. The number of rotatable bonds is 15. The zero-order valence-electron chi connectivity index (χ0n) is 19.9. The van der Waals surface area contributed by atoms with Gasteiger partial charge in [-0.05, 0) is 61.8 Å². The van der Waals surface area contributed by atoms with Crippen molar-refractivity contribution < 1.29 is 14.4 Å². The summed E-state index contributed by atoms with van der Waals surface area (Å²) in [6, 6.07) is 17.8. The first-order valence-electron chi connectivity index (χ1n) is 12.2. The molecular formula is C27H38N4O3. The van der Waals surface area contributed by atoms with Crippen LogP contribution < -0.4 is 22.1 Å². The molecular weight excluding hydrogens is 428 g/mol. The van der Waals surface area contributed by atoms with E-state index in [1.54, 1.807) is 0 Å². The Morgan fingerprint density at radius 1 is 0.765 bits per heavy atom. The summed E-state index contributed by atoms with van der Waals surface area (Å²) in [6.07, 6.45) is 6.65. The van der Waals surface area contributed by atoms with Gasteiger partial charge in [0.1, 0.15) is 0 Å². The number of aryl methyl sites for hydroxylation is 2. The van der Waals surface area contributed by atoms with Crippen molar-refractivity contribution in [2.24, 2.45) is 11.5 Å². The van der Waals surface area contributed by atoms with Gasteiger partial charge in [-0.1, -0.05) is 61.0 Å². The monoisotopic (exact) mass is 466 g/mol. The zero-order valence-corrected chi connectivity index (χ0v) is 19.9. The Labute approximate surface area is 202 Å². The van der Waals surface area contributed by atoms with Crippen LogP contribution in [0.15, 0.2) is 54.6 Å². The van der Waals surface area contributed by atoms with Crippen LogP contribution >= 0.6 is 0 Å². The highest BCUT2D eigenvalue weighted by atomic mass is 16.2. The fourth-order valence-electron chi connectivity index (χ4n) is 3.64. The highest BCUT2D eigenvalue weighted by molar-refractivity contribution is 5.96. The number of nitrogens with two attached hydrogens (primary N) is 2. The lowest BCUT2D eigenvalue weighted by Crippen LogP contribution is -2.42. The van der Waals surface area contributed by atoms with Crippen LogP contribution in [0.2, 0.25) is 0 Å². The van der Waals surface area contributed by atoms with Crippen LogP contribution in [0.25, 0.3) is 0 Å². The largest absolute Gasteiger partial charge is 0.354 e. The lowest BCUT2D eigenvalue weighted by molar-refractivity contribution is -0.130. The van der Waals surface area contributed by atoms with Gasteiger partial charge in [0.25, 0.3) is 0 Å². The Kier molecular flexibility index (Phi) is 12.6. The van der Waals surface area contributed by atoms with E-state index in [0.717, 1.165) is 44.1 Å². The van der Waals surface area contributed by atoms with Gasteiger partial charge in [-0.2, -0.15) is 0 Å². The number of benzene rings is 2. The summed E-state index contributed by atoms with van der Waals surface area (Å²) in [4.78, 5) is 36.0. The van der Waals surface area contributed by atoms with Gasteiger partial charge in [-0.15, -0.1) is 0 Å². The molecule has 0 saturated carbocycles. The smallest absolute Gasteiger partial charge is 0.236 e.